The minimum atomic E-state index is -0.127. The van der Waals surface area contributed by atoms with E-state index in [2.05, 4.69) is 20.2 Å². The minimum absolute atomic E-state index is 0.00386. The average molecular weight is 370 g/mol. The van der Waals surface area contributed by atoms with Crippen LogP contribution >= 0.6 is 11.8 Å². The number of nitrogens with zero attached hydrogens (tertiary/aromatic N) is 3. The number of carbonyl (C=O) groups is 2. The number of carbonyl (C=O) groups excluding carboxylic acids is 2. The monoisotopic (exact) mass is 370 g/mol. The Morgan fingerprint density at radius 3 is 2.54 bits per heavy atom. The first kappa shape index (κ1) is 18.4. The highest BCUT2D eigenvalue weighted by Crippen LogP contribution is 2.21. The molecular weight excluding hydrogens is 348 g/mol. The smallest absolute Gasteiger partial charge is 0.234 e. The van der Waals surface area contributed by atoms with Crippen molar-refractivity contribution in [1.82, 2.24) is 9.97 Å². The lowest BCUT2D eigenvalue weighted by atomic mass is 10.1. The average Bonchev–Trinajstić information content (AvgIpc) is 2.68. The summed E-state index contributed by atoms with van der Waals surface area (Å²) in [5.41, 5.74) is 1.30. The van der Waals surface area contributed by atoms with Gasteiger partial charge in [-0.25, -0.2) is 9.97 Å². The Balaban J connectivity index is 1.53. The SMILES string of the molecule is CC(=O)c1ccc(NC(=O)CSc2nccc(N3CCCCC3)n2)cc1. The van der Waals surface area contributed by atoms with E-state index in [1.165, 1.54) is 37.9 Å². The van der Waals surface area contributed by atoms with Gasteiger partial charge in [-0.1, -0.05) is 11.8 Å². The van der Waals surface area contributed by atoms with Crippen LogP contribution < -0.4 is 10.2 Å². The molecule has 0 bridgehead atoms. The van der Waals surface area contributed by atoms with E-state index in [-0.39, 0.29) is 17.4 Å². The highest BCUT2D eigenvalue weighted by Gasteiger charge is 2.13. The molecule has 1 aromatic carbocycles. The molecule has 2 aromatic rings. The quantitative estimate of drug-likeness (QED) is 0.477. The van der Waals surface area contributed by atoms with Gasteiger partial charge in [-0.3, -0.25) is 9.59 Å². The third-order valence-corrected chi connectivity index (χ3v) is 5.07. The van der Waals surface area contributed by atoms with Gasteiger partial charge in [0.1, 0.15) is 5.82 Å². The van der Waals surface area contributed by atoms with Crippen molar-refractivity contribution >= 4 is 35.0 Å². The van der Waals surface area contributed by atoms with Crippen molar-refractivity contribution < 1.29 is 9.59 Å². The summed E-state index contributed by atoms with van der Waals surface area (Å²) in [7, 11) is 0. The predicted octanol–water partition coefficient (Wildman–Crippen LogP) is 3.40. The molecule has 0 aliphatic carbocycles. The first-order valence-corrected chi connectivity index (χ1v) is 9.72. The van der Waals surface area contributed by atoms with E-state index in [1.54, 1.807) is 30.5 Å². The second-order valence-electron chi connectivity index (χ2n) is 6.22. The van der Waals surface area contributed by atoms with E-state index in [9.17, 15) is 9.59 Å². The highest BCUT2D eigenvalue weighted by atomic mass is 32.2. The summed E-state index contributed by atoms with van der Waals surface area (Å²) in [6, 6.07) is 8.79. The van der Waals surface area contributed by atoms with Crippen LogP contribution in [0.15, 0.2) is 41.7 Å². The second kappa shape index (κ2) is 8.80. The third-order valence-electron chi connectivity index (χ3n) is 4.21. The van der Waals surface area contributed by atoms with Gasteiger partial charge in [-0.05, 0) is 56.5 Å². The number of benzene rings is 1. The van der Waals surface area contributed by atoms with Crippen LogP contribution in [-0.4, -0.2) is 40.5 Å². The number of anilines is 2. The summed E-state index contributed by atoms with van der Waals surface area (Å²) in [5.74, 6) is 1.04. The van der Waals surface area contributed by atoms with Crippen LogP contribution in [0.25, 0.3) is 0 Å². The van der Waals surface area contributed by atoms with Gasteiger partial charge in [0, 0.05) is 30.5 Å². The normalized spacial score (nSPS) is 14.1. The fourth-order valence-electron chi connectivity index (χ4n) is 2.82. The first-order valence-electron chi connectivity index (χ1n) is 8.73. The number of nitrogens with one attached hydrogen (secondary N) is 1. The van der Waals surface area contributed by atoms with Crippen molar-refractivity contribution in [3.63, 3.8) is 0 Å². The molecule has 0 saturated carbocycles. The molecule has 1 aliphatic heterocycles. The fourth-order valence-corrected chi connectivity index (χ4v) is 3.44. The zero-order chi connectivity index (χ0) is 18.4. The van der Waals surface area contributed by atoms with Crippen LogP contribution in [0.5, 0.6) is 0 Å². The van der Waals surface area contributed by atoms with Crippen LogP contribution in [0.3, 0.4) is 0 Å². The predicted molar refractivity (Wildman–Crippen MR) is 104 cm³/mol. The molecule has 0 spiro atoms. The van der Waals surface area contributed by atoms with E-state index in [4.69, 9.17) is 0 Å². The summed E-state index contributed by atoms with van der Waals surface area (Å²) in [6.45, 7) is 3.57. The van der Waals surface area contributed by atoms with Gasteiger partial charge in [0.2, 0.25) is 5.91 Å². The Labute approximate surface area is 157 Å². The van der Waals surface area contributed by atoms with Crippen LogP contribution in [0.1, 0.15) is 36.5 Å². The number of ketones is 1. The zero-order valence-corrected chi connectivity index (χ0v) is 15.6. The first-order chi connectivity index (χ1) is 12.6. The standard InChI is InChI=1S/C19H22N4O2S/c1-14(24)15-5-7-16(8-6-15)21-18(25)13-26-19-20-10-9-17(22-19)23-11-3-2-4-12-23/h5-10H,2-4,11-13H2,1H3,(H,21,25). The number of hydrogen-bond donors (Lipinski definition) is 1. The lowest BCUT2D eigenvalue weighted by Gasteiger charge is -2.27. The summed E-state index contributed by atoms with van der Waals surface area (Å²) in [4.78, 5) is 34.5. The molecule has 7 heteroatoms. The number of piperidine rings is 1. The van der Waals surface area contributed by atoms with Gasteiger partial charge in [0.05, 0.1) is 5.75 Å². The van der Waals surface area contributed by atoms with Gasteiger partial charge < -0.3 is 10.2 Å². The Hall–Kier alpha value is -2.41. The van der Waals surface area contributed by atoms with Crippen molar-refractivity contribution in [3.05, 3.63) is 42.1 Å². The summed E-state index contributed by atoms with van der Waals surface area (Å²) >= 11 is 1.32. The second-order valence-corrected chi connectivity index (χ2v) is 7.16. The van der Waals surface area contributed by atoms with Gasteiger partial charge in [0.25, 0.3) is 0 Å². The number of thioether (sulfide) groups is 1. The van der Waals surface area contributed by atoms with E-state index < -0.39 is 0 Å². The molecule has 1 fully saturated rings. The van der Waals surface area contributed by atoms with E-state index in [0.717, 1.165) is 18.9 Å². The van der Waals surface area contributed by atoms with Crippen LogP contribution in [-0.2, 0) is 4.79 Å². The van der Waals surface area contributed by atoms with Gasteiger partial charge in [-0.2, -0.15) is 0 Å². The van der Waals surface area contributed by atoms with Crippen molar-refractivity contribution in [1.29, 1.82) is 0 Å². The lowest BCUT2D eigenvalue weighted by Crippen LogP contribution is -2.30. The zero-order valence-electron chi connectivity index (χ0n) is 14.8. The van der Waals surface area contributed by atoms with E-state index >= 15 is 0 Å². The molecule has 1 saturated heterocycles. The largest absolute Gasteiger partial charge is 0.356 e. The van der Waals surface area contributed by atoms with E-state index in [1.807, 2.05) is 6.07 Å². The van der Waals surface area contributed by atoms with Gasteiger partial charge in [0.15, 0.2) is 10.9 Å². The lowest BCUT2D eigenvalue weighted by molar-refractivity contribution is -0.113. The molecule has 1 amide bonds. The molecule has 1 N–H and O–H groups in total. The summed E-state index contributed by atoms with van der Waals surface area (Å²) in [6.07, 6.45) is 5.41. The summed E-state index contributed by atoms with van der Waals surface area (Å²) < 4.78 is 0. The maximum Gasteiger partial charge on any atom is 0.234 e. The summed E-state index contributed by atoms with van der Waals surface area (Å²) in [5, 5.41) is 3.43. The molecule has 1 aromatic heterocycles. The van der Waals surface area contributed by atoms with Crippen molar-refractivity contribution in [2.75, 3.05) is 29.1 Å². The Morgan fingerprint density at radius 1 is 1.12 bits per heavy atom. The van der Waals surface area contributed by atoms with E-state index in [0.29, 0.717) is 16.4 Å². The van der Waals surface area contributed by atoms with Crippen LogP contribution in [0, 0.1) is 0 Å². The number of rotatable bonds is 6. The molecular formula is C19H22N4O2S. The van der Waals surface area contributed by atoms with Gasteiger partial charge in [-0.15, -0.1) is 0 Å². The minimum Gasteiger partial charge on any atom is -0.356 e. The fraction of sp³-hybridized carbons (Fsp3) is 0.368. The Morgan fingerprint density at radius 2 is 1.85 bits per heavy atom. The van der Waals surface area contributed by atoms with Crippen molar-refractivity contribution in [3.8, 4) is 0 Å². The van der Waals surface area contributed by atoms with Crippen molar-refractivity contribution in [2.45, 2.75) is 31.3 Å². The Kier molecular flexibility index (Phi) is 6.22. The van der Waals surface area contributed by atoms with Crippen LogP contribution in [0.4, 0.5) is 11.5 Å². The molecule has 1 aliphatic rings. The third kappa shape index (κ3) is 5.05. The molecule has 0 atom stereocenters. The molecule has 0 unspecified atom stereocenters. The maximum atomic E-state index is 12.1. The topological polar surface area (TPSA) is 75.2 Å². The van der Waals surface area contributed by atoms with Crippen LogP contribution in [0.2, 0.25) is 0 Å². The molecule has 3 rings (SSSR count). The molecule has 2 heterocycles. The number of aromatic nitrogens is 2. The molecule has 136 valence electrons. The maximum absolute atomic E-state index is 12.1. The molecule has 0 radical (unpaired) electrons. The number of Topliss-reactive ketones (excluding diaryl/α,β-unsaturated/α-hetero) is 1. The Bertz CT molecular complexity index is 773. The molecule has 26 heavy (non-hydrogen) atoms. The number of hydrogen-bond acceptors (Lipinski definition) is 6. The molecule has 6 nitrogen and oxygen atoms in total. The van der Waals surface area contributed by atoms with Gasteiger partial charge >= 0.3 is 0 Å². The number of amides is 1. The van der Waals surface area contributed by atoms with Crippen molar-refractivity contribution in [2.24, 2.45) is 0 Å². The highest BCUT2D eigenvalue weighted by molar-refractivity contribution is 7.99.